The number of aliphatic hydroxyl groups is 1. The van der Waals surface area contributed by atoms with E-state index in [0.717, 1.165) is 12.8 Å². The number of halogens is 3. The first-order valence-electron chi connectivity index (χ1n) is 6.06. The molecule has 1 aliphatic rings. The summed E-state index contributed by atoms with van der Waals surface area (Å²) < 4.78 is 36.5. The van der Waals surface area contributed by atoms with Gasteiger partial charge in [0.25, 0.3) is 0 Å². The van der Waals surface area contributed by atoms with Crippen LogP contribution in [0, 0.1) is 5.92 Å². The van der Waals surface area contributed by atoms with Crippen LogP contribution in [0.1, 0.15) is 25.7 Å². The molecule has 4 nitrogen and oxygen atoms in total. The number of amides is 1. The minimum absolute atomic E-state index is 0.159. The van der Waals surface area contributed by atoms with Gasteiger partial charge in [-0.05, 0) is 12.8 Å². The second-order valence-electron chi connectivity index (χ2n) is 4.58. The van der Waals surface area contributed by atoms with Crippen molar-refractivity contribution in [2.24, 2.45) is 5.92 Å². The summed E-state index contributed by atoms with van der Waals surface area (Å²) >= 11 is 0. The molecule has 1 fully saturated rings. The third-order valence-electron chi connectivity index (χ3n) is 3.30. The molecule has 0 aromatic carbocycles. The molecule has 0 spiro atoms. The van der Waals surface area contributed by atoms with Crippen LogP contribution in [0.4, 0.5) is 13.2 Å². The lowest BCUT2D eigenvalue weighted by Crippen LogP contribution is -2.49. The van der Waals surface area contributed by atoms with Gasteiger partial charge in [-0.1, -0.05) is 12.8 Å². The van der Waals surface area contributed by atoms with Gasteiger partial charge in [0, 0.05) is 19.6 Å². The molecule has 0 aromatic rings. The highest BCUT2D eigenvalue weighted by molar-refractivity contribution is 5.79. The van der Waals surface area contributed by atoms with Crippen LogP contribution in [0.3, 0.4) is 0 Å². The first-order chi connectivity index (χ1) is 8.36. The molecule has 0 heterocycles. The molecular weight excluding hydrogens is 249 g/mol. The van der Waals surface area contributed by atoms with Gasteiger partial charge in [0.2, 0.25) is 5.91 Å². The van der Waals surface area contributed by atoms with E-state index in [1.165, 1.54) is 7.05 Å². The average Bonchev–Trinajstić information content (AvgIpc) is 2.34. The first kappa shape index (κ1) is 15.2. The molecule has 0 unspecified atom stereocenters. The van der Waals surface area contributed by atoms with Crippen LogP contribution in [-0.2, 0) is 4.79 Å². The summed E-state index contributed by atoms with van der Waals surface area (Å²) in [5.74, 6) is -0.474. The Bertz CT molecular complexity index is 284. The van der Waals surface area contributed by atoms with Gasteiger partial charge in [0.05, 0.1) is 5.92 Å². The summed E-state index contributed by atoms with van der Waals surface area (Å²) in [5, 5.41) is 14.1. The lowest BCUT2D eigenvalue weighted by atomic mass is 9.84. The van der Waals surface area contributed by atoms with Gasteiger partial charge in [-0.25, -0.2) is 0 Å². The van der Waals surface area contributed by atoms with Crippen LogP contribution >= 0.6 is 0 Å². The fourth-order valence-electron chi connectivity index (χ4n) is 2.25. The molecule has 3 N–H and O–H groups in total. The third kappa shape index (κ3) is 4.13. The topological polar surface area (TPSA) is 61.4 Å². The van der Waals surface area contributed by atoms with Crippen molar-refractivity contribution in [1.82, 2.24) is 10.6 Å². The molecule has 1 amide bonds. The van der Waals surface area contributed by atoms with E-state index in [1.807, 2.05) is 0 Å². The van der Waals surface area contributed by atoms with E-state index in [1.54, 1.807) is 0 Å². The Balaban J connectivity index is 2.50. The van der Waals surface area contributed by atoms with Crippen molar-refractivity contribution in [3.05, 3.63) is 0 Å². The minimum atomic E-state index is -4.62. The SMILES string of the molecule is CNC(=O)[C@@H]1CCCC[C@@H]1NC[C@H](O)C(F)(F)F. The number of rotatable bonds is 4. The smallest absolute Gasteiger partial charge is 0.382 e. The number of aliphatic hydroxyl groups excluding tert-OH is 1. The number of hydrogen-bond acceptors (Lipinski definition) is 3. The van der Waals surface area contributed by atoms with Crippen molar-refractivity contribution in [3.8, 4) is 0 Å². The zero-order chi connectivity index (χ0) is 13.8. The Morgan fingerprint density at radius 3 is 2.56 bits per heavy atom. The molecule has 0 aliphatic heterocycles. The van der Waals surface area contributed by atoms with Crippen LogP contribution < -0.4 is 10.6 Å². The van der Waals surface area contributed by atoms with Crippen molar-refractivity contribution in [2.45, 2.75) is 44.0 Å². The summed E-state index contributed by atoms with van der Waals surface area (Å²) in [6, 6.07) is -0.296. The molecule has 0 saturated heterocycles. The number of carbonyl (C=O) groups excluding carboxylic acids is 1. The summed E-state index contributed by atoms with van der Waals surface area (Å²) in [6.07, 6.45) is -3.90. The van der Waals surface area contributed by atoms with Gasteiger partial charge in [0.15, 0.2) is 6.10 Å². The van der Waals surface area contributed by atoms with Crippen molar-refractivity contribution in [1.29, 1.82) is 0 Å². The highest BCUT2D eigenvalue weighted by atomic mass is 19.4. The van der Waals surface area contributed by atoms with Crippen LogP contribution in [-0.4, -0.2) is 42.9 Å². The molecule has 3 atom stereocenters. The molecule has 7 heteroatoms. The average molecular weight is 268 g/mol. The Morgan fingerprint density at radius 1 is 1.39 bits per heavy atom. The van der Waals surface area contributed by atoms with Crippen LogP contribution in [0.15, 0.2) is 0 Å². The quantitative estimate of drug-likeness (QED) is 0.707. The summed E-state index contributed by atoms with van der Waals surface area (Å²) in [5.41, 5.74) is 0. The monoisotopic (exact) mass is 268 g/mol. The van der Waals surface area contributed by atoms with E-state index >= 15 is 0 Å². The maximum Gasteiger partial charge on any atom is 0.415 e. The molecule has 0 aromatic heterocycles. The summed E-state index contributed by atoms with van der Waals surface area (Å²) in [6.45, 7) is -0.568. The minimum Gasteiger partial charge on any atom is -0.382 e. The molecule has 106 valence electrons. The number of alkyl halides is 3. The second-order valence-corrected chi connectivity index (χ2v) is 4.58. The molecule has 0 bridgehead atoms. The van der Waals surface area contributed by atoms with Crippen molar-refractivity contribution < 1.29 is 23.1 Å². The van der Waals surface area contributed by atoms with Gasteiger partial charge in [0.1, 0.15) is 0 Å². The molecule has 1 rings (SSSR count). The first-order valence-corrected chi connectivity index (χ1v) is 6.06. The number of hydrogen-bond donors (Lipinski definition) is 3. The highest BCUT2D eigenvalue weighted by Crippen LogP contribution is 2.25. The van der Waals surface area contributed by atoms with Crippen LogP contribution in [0.25, 0.3) is 0 Å². The van der Waals surface area contributed by atoms with Crippen molar-refractivity contribution in [2.75, 3.05) is 13.6 Å². The summed E-state index contributed by atoms with van der Waals surface area (Å²) in [4.78, 5) is 11.6. The third-order valence-corrected chi connectivity index (χ3v) is 3.30. The Morgan fingerprint density at radius 2 is 2.00 bits per heavy atom. The van der Waals surface area contributed by atoms with Gasteiger partial charge in [-0.3, -0.25) is 4.79 Å². The van der Waals surface area contributed by atoms with Crippen molar-refractivity contribution in [3.63, 3.8) is 0 Å². The van der Waals surface area contributed by atoms with Crippen LogP contribution in [0.5, 0.6) is 0 Å². The lowest BCUT2D eigenvalue weighted by Gasteiger charge is -2.31. The van der Waals surface area contributed by atoms with E-state index in [0.29, 0.717) is 12.8 Å². The molecule has 18 heavy (non-hydrogen) atoms. The van der Waals surface area contributed by atoms with Gasteiger partial charge >= 0.3 is 6.18 Å². The fourth-order valence-corrected chi connectivity index (χ4v) is 2.25. The number of carbonyl (C=O) groups is 1. The fraction of sp³-hybridized carbons (Fsp3) is 0.909. The largest absolute Gasteiger partial charge is 0.415 e. The standard InChI is InChI=1S/C11H19F3N2O2/c1-15-10(18)7-4-2-3-5-8(7)16-6-9(17)11(12,13)14/h7-9,16-17H,2-6H2,1H3,(H,15,18)/t7-,8+,9+/m1/s1. The van der Waals surface area contributed by atoms with E-state index < -0.39 is 18.8 Å². The Kier molecular flexibility index (Phi) is 5.40. The highest BCUT2D eigenvalue weighted by Gasteiger charge is 2.39. The van der Waals surface area contributed by atoms with Crippen molar-refractivity contribution >= 4 is 5.91 Å². The van der Waals surface area contributed by atoms with Gasteiger partial charge in [-0.15, -0.1) is 0 Å². The van der Waals surface area contributed by atoms with E-state index in [2.05, 4.69) is 10.6 Å². The normalized spacial score (nSPS) is 26.7. The molecule has 0 radical (unpaired) electrons. The second kappa shape index (κ2) is 6.38. The zero-order valence-electron chi connectivity index (χ0n) is 10.3. The lowest BCUT2D eigenvalue weighted by molar-refractivity contribution is -0.202. The maximum atomic E-state index is 12.2. The number of nitrogens with one attached hydrogen (secondary N) is 2. The molecule has 1 aliphatic carbocycles. The van der Waals surface area contributed by atoms with E-state index in [-0.39, 0.29) is 17.9 Å². The zero-order valence-corrected chi connectivity index (χ0v) is 10.3. The van der Waals surface area contributed by atoms with Gasteiger partial charge < -0.3 is 15.7 Å². The Hall–Kier alpha value is -0.820. The van der Waals surface area contributed by atoms with Crippen LogP contribution in [0.2, 0.25) is 0 Å². The predicted molar refractivity (Wildman–Crippen MR) is 59.9 cm³/mol. The van der Waals surface area contributed by atoms with E-state index in [9.17, 15) is 18.0 Å². The maximum absolute atomic E-state index is 12.2. The molecular formula is C11H19F3N2O2. The van der Waals surface area contributed by atoms with E-state index in [4.69, 9.17) is 5.11 Å². The molecule has 1 saturated carbocycles. The predicted octanol–water partition coefficient (Wildman–Crippen LogP) is 0.804. The summed E-state index contributed by atoms with van der Waals surface area (Å²) in [7, 11) is 1.51. The van der Waals surface area contributed by atoms with Gasteiger partial charge in [-0.2, -0.15) is 13.2 Å². The Labute approximate surface area is 104 Å².